The minimum atomic E-state index is -1.02. The zero-order chi connectivity index (χ0) is 15.8. The van der Waals surface area contributed by atoms with Crippen molar-refractivity contribution in [2.75, 3.05) is 7.11 Å². The number of rotatable bonds is 7. The van der Waals surface area contributed by atoms with Gasteiger partial charge in [0.2, 0.25) is 5.91 Å². The van der Waals surface area contributed by atoms with Gasteiger partial charge < -0.3 is 15.2 Å². The first kappa shape index (κ1) is 16.8. The molecule has 0 saturated carbocycles. The Morgan fingerprint density at radius 3 is 2.62 bits per heavy atom. The number of hydrogen-bond acceptors (Lipinski definition) is 3. The standard InChI is InChI=1S/C16H21NO4/c1-4-11(2)15(16(19)20)17-14(18)10-9-12-7-5-6-8-13(12)21-3/h5-11,15H,4H2,1-3H3,(H,17,18)(H,19,20)/b10-9+. The molecule has 0 aromatic heterocycles. The van der Waals surface area contributed by atoms with Gasteiger partial charge in [0.25, 0.3) is 0 Å². The Balaban J connectivity index is 2.76. The second-order valence-corrected chi connectivity index (χ2v) is 4.79. The maximum atomic E-state index is 11.8. The minimum absolute atomic E-state index is 0.133. The summed E-state index contributed by atoms with van der Waals surface area (Å²) < 4.78 is 5.18. The Morgan fingerprint density at radius 1 is 1.38 bits per heavy atom. The van der Waals surface area contributed by atoms with Gasteiger partial charge in [-0.25, -0.2) is 4.79 Å². The van der Waals surface area contributed by atoms with Gasteiger partial charge in [-0.3, -0.25) is 4.79 Å². The van der Waals surface area contributed by atoms with Crippen molar-refractivity contribution in [1.29, 1.82) is 0 Å². The van der Waals surface area contributed by atoms with E-state index < -0.39 is 17.9 Å². The predicted molar refractivity (Wildman–Crippen MR) is 81.0 cm³/mol. The number of benzene rings is 1. The second-order valence-electron chi connectivity index (χ2n) is 4.79. The van der Waals surface area contributed by atoms with Gasteiger partial charge in [0, 0.05) is 11.6 Å². The van der Waals surface area contributed by atoms with Crippen molar-refractivity contribution in [3.63, 3.8) is 0 Å². The Hall–Kier alpha value is -2.30. The Bertz CT molecular complexity index is 525. The summed E-state index contributed by atoms with van der Waals surface area (Å²) in [6.45, 7) is 3.68. The molecule has 0 heterocycles. The first-order valence-electron chi connectivity index (χ1n) is 6.84. The summed E-state index contributed by atoms with van der Waals surface area (Å²) >= 11 is 0. The zero-order valence-electron chi connectivity index (χ0n) is 12.5. The van der Waals surface area contributed by atoms with E-state index in [2.05, 4.69) is 5.32 Å². The number of hydrogen-bond donors (Lipinski definition) is 2. The highest BCUT2D eigenvalue weighted by molar-refractivity contribution is 5.94. The Morgan fingerprint density at radius 2 is 2.05 bits per heavy atom. The molecule has 0 aliphatic rings. The van der Waals surface area contributed by atoms with Gasteiger partial charge >= 0.3 is 5.97 Å². The van der Waals surface area contributed by atoms with Crippen molar-refractivity contribution in [1.82, 2.24) is 5.32 Å². The van der Waals surface area contributed by atoms with E-state index in [1.54, 1.807) is 26.2 Å². The van der Waals surface area contributed by atoms with E-state index in [1.165, 1.54) is 6.08 Å². The highest BCUT2D eigenvalue weighted by atomic mass is 16.5. The molecular weight excluding hydrogens is 270 g/mol. The van der Waals surface area contributed by atoms with E-state index in [0.717, 1.165) is 5.56 Å². The number of para-hydroxylation sites is 1. The molecule has 0 saturated heterocycles. The van der Waals surface area contributed by atoms with Gasteiger partial charge in [0.1, 0.15) is 11.8 Å². The van der Waals surface area contributed by atoms with Crippen molar-refractivity contribution >= 4 is 18.0 Å². The van der Waals surface area contributed by atoms with Gasteiger partial charge in [-0.05, 0) is 18.1 Å². The van der Waals surface area contributed by atoms with Crippen LogP contribution in [-0.4, -0.2) is 30.1 Å². The maximum absolute atomic E-state index is 11.8. The number of carbonyl (C=O) groups excluding carboxylic acids is 1. The topological polar surface area (TPSA) is 75.6 Å². The average Bonchev–Trinajstić information content (AvgIpc) is 2.49. The second kappa shape index (κ2) is 8.09. The predicted octanol–water partition coefficient (Wildman–Crippen LogP) is 2.32. The quantitative estimate of drug-likeness (QED) is 0.756. The molecule has 0 spiro atoms. The van der Waals surface area contributed by atoms with Gasteiger partial charge in [0.15, 0.2) is 0 Å². The fourth-order valence-corrected chi connectivity index (χ4v) is 1.85. The summed E-state index contributed by atoms with van der Waals surface area (Å²) in [5.41, 5.74) is 0.755. The first-order valence-corrected chi connectivity index (χ1v) is 6.84. The molecule has 2 unspecified atom stereocenters. The summed E-state index contributed by atoms with van der Waals surface area (Å²) in [4.78, 5) is 23.0. The summed E-state index contributed by atoms with van der Waals surface area (Å²) in [7, 11) is 1.55. The molecular formula is C16H21NO4. The number of carbonyl (C=O) groups is 2. The molecule has 0 fully saturated rings. The van der Waals surface area contributed by atoms with Gasteiger partial charge in [-0.15, -0.1) is 0 Å². The Labute approximate surface area is 124 Å². The fourth-order valence-electron chi connectivity index (χ4n) is 1.85. The van der Waals surface area contributed by atoms with Gasteiger partial charge in [-0.1, -0.05) is 38.5 Å². The monoisotopic (exact) mass is 291 g/mol. The van der Waals surface area contributed by atoms with E-state index in [0.29, 0.717) is 12.2 Å². The SMILES string of the molecule is CCC(C)C(NC(=O)/C=C/c1ccccc1OC)C(=O)O. The molecule has 5 nitrogen and oxygen atoms in total. The van der Waals surface area contributed by atoms with Crippen molar-refractivity contribution in [2.45, 2.75) is 26.3 Å². The highest BCUT2D eigenvalue weighted by Crippen LogP contribution is 2.18. The van der Waals surface area contributed by atoms with E-state index >= 15 is 0 Å². The summed E-state index contributed by atoms with van der Waals surface area (Å²) in [5, 5.41) is 11.6. The summed E-state index contributed by atoms with van der Waals surface area (Å²) in [6.07, 6.45) is 3.59. The van der Waals surface area contributed by atoms with E-state index in [4.69, 9.17) is 9.84 Å². The molecule has 0 bridgehead atoms. The molecule has 1 aromatic carbocycles. The van der Waals surface area contributed by atoms with E-state index in [1.807, 2.05) is 25.1 Å². The normalized spacial score (nSPS) is 13.7. The van der Waals surface area contributed by atoms with Crippen LogP contribution in [0.15, 0.2) is 30.3 Å². The van der Waals surface area contributed by atoms with Crippen LogP contribution in [0.1, 0.15) is 25.8 Å². The van der Waals surface area contributed by atoms with E-state index in [9.17, 15) is 9.59 Å². The van der Waals surface area contributed by atoms with Crippen LogP contribution in [0.5, 0.6) is 5.75 Å². The fraction of sp³-hybridized carbons (Fsp3) is 0.375. The van der Waals surface area contributed by atoms with Gasteiger partial charge in [-0.2, -0.15) is 0 Å². The first-order chi connectivity index (χ1) is 9.99. The lowest BCUT2D eigenvalue weighted by Crippen LogP contribution is -2.44. The molecule has 0 aliphatic heterocycles. The van der Waals surface area contributed by atoms with Crippen molar-refractivity contribution in [2.24, 2.45) is 5.92 Å². The third-order valence-corrected chi connectivity index (χ3v) is 3.33. The molecule has 5 heteroatoms. The lowest BCUT2D eigenvalue weighted by Gasteiger charge is -2.19. The molecule has 1 aromatic rings. The number of carboxylic acid groups (broad SMARTS) is 1. The summed E-state index contributed by atoms with van der Waals surface area (Å²) in [5.74, 6) is -0.943. The molecule has 114 valence electrons. The van der Waals surface area contributed by atoms with Crippen molar-refractivity contribution in [3.05, 3.63) is 35.9 Å². The van der Waals surface area contributed by atoms with Gasteiger partial charge in [0.05, 0.1) is 7.11 Å². The van der Waals surface area contributed by atoms with Crippen LogP contribution < -0.4 is 10.1 Å². The molecule has 2 N–H and O–H groups in total. The highest BCUT2D eigenvalue weighted by Gasteiger charge is 2.24. The number of ether oxygens (including phenoxy) is 1. The van der Waals surface area contributed by atoms with Crippen LogP contribution in [0.2, 0.25) is 0 Å². The van der Waals surface area contributed by atoms with E-state index in [-0.39, 0.29) is 5.92 Å². The molecule has 1 rings (SSSR count). The average molecular weight is 291 g/mol. The molecule has 1 amide bonds. The lowest BCUT2D eigenvalue weighted by molar-refractivity contribution is -0.142. The zero-order valence-corrected chi connectivity index (χ0v) is 12.5. The van der Waals surface area contributed by atoms with Crippen LogP contribution in [0, 0.1) is 5.92 Å². The number of nitrogens with one attached hydrogen (secondary N) is 1. The maximum Gasteiger partial charge on any atom is 0.326 e. The van der Waals surface area contributed by atoms with Crippen LogP contribution in [0.3, 0.4) is 0 Å². The minimum Gasteiger partial charge on any atom is -0.496 e. The molecule has 0 aliphatic carbocycles. The molecule has 2 atom stereocenters. The molecule has 0 radical (unpaired) electrons. The summed E-state index contributed by atoms with van der Waals surface area (Å²) in [6, 6.07) is 6.38. The number of aliphatic carboxylic acids is 1. The number of carboxylic acids is 1. The van der Waals surface area contributed by atoms with Crippen LogP contribution in [0.4, 0.5) is 0 Å². The largest absolute Gasteiger partial charge is 0.496 e. The van der Waals surface area contributed by atoms with Crippen LogP contribution >= 0.6 is 0 Å². The molecule has 21 heavy (non-hydrogen) atoms. The smallest absolute Gasteiger partial charge is 0.326 e. The lowest BCUT2D eigenvalue weighted by atomic mass is 9.99. The Kier molecular flexibility index (Phi) is 6.46. The third-order valence-electron chi connectivity index (χ3n) is 3.33. The van der Waals surface area contributed by atoms with Crippen LogP contribution in [-0.2, 0) is 9.59 Å². The van der Waals surface area contributed by atoms with Crippen LogP contribution in [0.25, 0.3) is 6.08 Å². The van der Waals surface area contributed by atoms with Crippen molar-refractivity contribution < 1.29 is 19.4 Å². The van der Waals surface area contributed by atoms with Crippen molar-refractivity contribution in [3.8, 4) is 5.75 Å². The third kappa shape index (κ3) is 4.95. The number of methoxy groups -OCH3 is 1. The number of amides is 1.